The van der Waals surface area contributed by atoms with Crippen molar-refractivity contribution in [1.29, 1.82) is 0 Å². The quantitative estimate of drug-likeness (QED) is 0.797. The molecule has 1 heterocycles. The highest BCUT2D eigenvalue weighted by Crippen LogP contribution is 2.29. The van der Waals surface area contributed by atoms with E-state index in [2.05, 4.69) is 4.90 Å². The zero-order valence-corrected chi connectivity index (χ0v) is 11.8. The van der Waals surface area contributed by atoms with E-state index < -0.39 is 0 Å². The van der Waals surface area contributed by atoms with Crippen LogP contribution in [0.1, 0.15) is 39.5 Å². The molecule has 2 rings (SSSR count). The summed E-state index contributed by atoms with van der Waals surface area (Å²) >= 11 is 0. The largest absolute Gasteiger partial charge is 0.340 e. The SMILES string of the molecule is CC(C)(N)CCC(=O)N1CCN(CC2CC2)CC1. The van der Waals surface area contributed by atoms with Gasteiger partial charge in [-0.15, -0.1) is 0 Å². The second-order valence-corrected chi connectivity index (χ2v) is 6.61. The van der Waals surface area contributed by atoms with Gasteiger partial charge >= 0.3 is 0 Å². The number of carbonyl (C=O) groups excluding carboxylic acids is 1. The Morgan fingerprint density at radius 1 is 1.22 bits per heavy atom. The van der Waals surface area contributed by atoms with Gasteiger partial charge < -0.3 is 10.6 Å². The van der Waals surface area contributed by atoms with Gasteiger partial charge in [0.15, 0.2) is 0 Å². The fourth-order valence-electron chi connectivity index (χ4n) is 2.43. The third-order valence-electron chi connectivity index (χ3n) is 3.92. The lowest BCUT2D eigenvalue weighted by molar-refractivity contribution is -0.133. The summed E-state index contributed by atoms with van der Waals surface area (Å²) in [5.41, 5.74) is 5.69. The Bertz CT molecular complexity index is 286. The molecule has 4 nitrogen and oxygen atoms in total. The minimum Gasteiger partial charge on any atom is -0.340 e. The van der Waals surface area contributed by atoms with Gasteiger partial charge in [0, 0.05) is 44.7 Å². The van der Waals surface area contributed by atoms with Crippen LogP contribution in [-0.2, 0) is 4.79 Å². The average molecular weight is 253 g/mol. The van der Waals surface area contributed by atoms with Gasteiger partial charge in [-0.3, -0.25) is 9.69 Å². The van der Waals surface area contributed by atoms with E-state index >= 15 is 0 Å². The van der Waals surface area contributed by atoms with Crippen LogP contribution in [0.3, 0.4) is 0 Å². The van der Waals surface area contributed by atoms with Crippen LogP contribution in [0, 0.1) is 5.92 Å². The Hall–Kier alpha value is -0.610. The molecule has 0 aromatic rings. The molecule has 1 saturated heterocycles. The van der Waals surface area contributed by atoms with Crippen molar-refractivity contribution in [2.24, 2.45) is 11.7 Å². The predicted octanol–water partition coefficient (Wildman–Crippen LogP) is 1.06. The highest BCUT2D eigenvalue weighted by molar-refractivity contribution is 5.76. The number of piperazine rings is 1. The number of nitrogens with zero attached hydrogens (tertiary/aromatic N) is 2. The van der Waals surface area contributed by atoms with Crippen LogP contribution in [0.2, 0.25) is 0 Å². The van der Waals surface area contributed by atoms with Gasteiger partial charge in [0.2, 0.25) is 5.91 Å². The fourth-order valence-corrected chi connectivity index (χ4v) is 2.43. The lowest BCUT2D eigenvalue weighted by atomic mass is 9.99. The molecule has 0 unspecified atom stereocenters. The summed E-state index contributed by atoms with van der Waals surface area (Å²) in [6.45, 7) is 9.11. The Morgan fingerprint density at radius 3 is 2.33 bits per heavy atom. The van der Waals surface area contributed by atoms with Crippen molar-refractivity contribution in [1.82, 2.24) is 9.80 Å². The maximum atomic E-state index is 12.0. The normalized spacial score (nSPS) is 22.3. The Labute approximate surface area is 110 Å². The number of nitrogens with two attached hydrogens (primary N) is 1. The molecule has 104 valence electrons. The summed E-state index contributed by atoms with van der Waals surface area (Å²) in [5.74, 6) is 1.23. The molecular formula is C14H27N3O. The van der Waals surface area contributed by atoms with Gasteiger partial charge in [-0.1, -0.05) is 0 Å². The molecule has 1 aliphatic carbocycles. The standard InChI is InChI=1S/C14H27N3O/c1-14(2,15)6-5-13(18)17-9-7-16(8-10-17)11-12-3-4-12/h12H,3-11,15H2,1-2H3. The first-order chi connectivity index (χ1) is 8.44. The van der Waals surface area contributed by atoms with E-state index in [1.54, 1.807) is 0 Å². The third kappa shape index (κ3) is 4.58. The highest BCUT2D eigenvalue weighted by atomic mass is 16.2. The first-order valence-electron chi connectivity index (χ1n) is 7.23. The summed E-state index contributed by atoms with van der Waals surface area (Å²) in [7, 11) is 0. The van der Waals surface area contributed by atoms with E-state index in [0.29, 0.717) is 6.42 Å². The van der Waals surface area contributed by atoms with Crippen molar-refractivity contribution in [2.75, 3.05) is 32.7 Å². The van der Waals surface area contributed by atoms with Crippen molar-refractivity contribution in [3.05, 3.63) is 0 Å². The summed E-state index contributed by atoms with van der Waals surface area (Å²) < 4.78 is 0. The van der Waals surface area contributed by atoms with Crippen LogP contribution in [0.5, 0.6) is 0 Å². The topological polar surface area (TPSA) is 49.6 Å². The molecular weight excluding hydrogens is 226 g/mol. The van der Waals surface area contributed by atoms with Gasteiger partial charge in [0.25, 0.3) is 0 Å². The summed E-state index contributed by atoms with van der Waals surface area (Å²) in [6, 6.07) is 0. The lowest BCUT2D eigenvalue weighted by Gasteiger charge is -2.35. The van der Waals surface area contributed by atoms with Gasteiger partial charge in [0.05, 0.1) is 0 Å². The second-order valence-electron chi connectivity index (χ2n) is 6.61. The van der Waals surface area contributed by atoms with E-state index in [1.165, 1.54) is 19.4 Å². The van der Waals surface area contributed by atoms with Crippen LogP contribution in [0.25, 0.3) is 0 Å². The van der Waals surface area contributed by atoms with Crippen molar-refractivity contribution in [2.45, 2.75) is 45.1 Å². The monoisotopic (exact) mass is 253 g/mol. The van der Waals surface area contributed by atoms with E-state index in [0.717, 1.165) is 38.5 Å². The van der Waals surface area contributed by atoms with Crippen molar-refractivity contribution in [3.63, 3.8) is 0 Å². The molecule has 1 saturated carbocycles. The maximum Gasteiger partial charge on any atom is 0.222 e. The smallest absolute Gasteiger partial charge is 0.222 e. The van der Waals surface area contributed by atoms with Crippen molar-refractivity contribution in [3.8, 4) is 0 Å². The molecule has 0 radical (unpaired) electrons. The van der Waals surface area contributed by atoms with Crippen LogP contribution in [0.15, 0.2) is 0 Å². The number of hydrogen-bond donors (Lipinski definition) is 1. The Morgan fingerprint density at radius 2 is 1.83 bits per heavy atom. The number of carbonyl (C=O) groups is 1. The zero-order chi connectivity index (χ0) is 13.2. The molecule has 0 atom stereocenters. The average Bonchev–Trinajstić information content (AvgIpc) is 3.10. The summed E-state index contributed by atoms with van der Waals surface area (Å²) in [5, 5.41) is 0. The van der Waals surface area contributed by atoms with Crippen molar-refractivity contribution < 1.29 is 4.79 Å². The minimum absolute atomic E-state index is 0.233. The first kappa shape index (κ1) is 13.8. The van der Waals surface area contributed by atoms with Gasteiger partial charge in [-0.2, -0.15) is 0 Å². The fraction of sp³-hybridized carbons (Fsp3) is 0.929. The number of hydrogen-bond acceptors (Lipinski definition) is 3. The molecule has 18 heavy (non-hydrogen) atoms. The van der Waals surface area contributed by atoms with Crippen LogP contribution in [0.4, 0.5) is 0 Å². The molecule has 2 N–H and O–H groups in total. The Balaban J connectivity index is 1.66. The molecule has 0 spiro atoms. The maximum absolute atomic E-state index is 12.0. The molecule has 0 bridgehead atoms. The van der Waals surface area contributed by atoms with E-state index in [-0.39, 0.29) is 11.4 Å². The van der Waals surface area contributed by atoms with Crippen molar-refractivity contribution >= 4 is 5.91 Å². The van der Waals surface area contributed by atoms with Gasteiger partial charge in [0.1, 0.15) is 0 Å². The molecule has 2 fully saturated rings. The highest BCUT2D eigenvalue weighted by Gasteiger charge is 2.27. The zero-order valence-electron chi connectivity index (χ0n) is 11.8. The van der Waals surface area contributed by atoms with Crippen LogP contribution < -0.4 is 5.73 Å². The van der Waals surface area contributed by atoms with Crippen LogP contribution in [-0.4, -0.2) is 54.0 Å². The minimum atomic E-state index is -0.233. The van der Waals surface area contributed by atoms with E-state index in [4.69, 9.17) is 5.73 Å². The van der Waals surface area contributed by atoms with Crippen LogP contribution >= 0.6 is 0 Å². The predicted molar refractivity (Wildman–Crippen MR) is 73.2 cm³/mol. The lowest BCUT2D eigenvalue weighted by Crippen LogP contribution is -2.49. The number of amides is 1. The first-order valence-corrected chi connectivity index (χ1v) is 7.23. The molecule has 0 aromatic carbocycles. The van der Waals surface area contributed by atoms with E-state index in [9.17, 15) is 4.79 Å². The Kier molecular flexibility index (Phi) is 4.28. The summed E-state index contributed by atoms with van der Waals surface area (Å²) in [6.07, 6.45) is 4.18. The molecule has 0 aromatic heterocycles. The molecule has 1 aliphatic heterocycles. The van der Waals surface area contributed by atoms with Gasteiger partial charge in [-0.25, -0.2) is 0 Å². The van der Waals surface area contributed by atoms with E-state index in [1.807, 2.05) is 18.7 Å². The molecule has 2 aliphatic rings. The molecule has 4 heteroatoms. The molecule has 1 amide bonds. The van der Waals surface area contributed by atoms with Gasteiger partial charge in [-0.05, 0) is 39.0 Å². The summed E-state index contributed by atoms with van der Waals surface area (Å²) in [4.78, 5) is 16.6. The number of rotatable bonds is 5. The third-order valence-corrected chi connectivity index (χ3v) is 3.92. The second kappa shape index (κ2) is 5.57.